The van der Waals surface area contributed by atoms with Crippen LogP contribution in [0.1, 0.15) is 126 Å². The monoisotopic (exact) mass is 1080 g/mol. The first-order valence-corrected chi connectivity index (χ1v) is 30.0. The van der Waals surface area contributed by atoms with Gasteiger partial charge in [-0.25, -0.2) is 4.79 Å². The number of carbonyl (C=O) groups is 5. The molecule has 0 aromatic heterocycles. The zero-order chi connectivity index (χ0) is 55.2. The van der Waals surface area contributed by atoms with Gasteiger partial charge in [-0.1, -0.05) is 71.1 Å². The summed E-state index contributed by atoms with van der Waals surface area (Å²) >= 11 is 0. The van der Waals surface area contributed by atoms with Gasteiger partial charge in [-0.2, -0.15) is 0 Å². The lowest BCUT2D eigenvalue weighted by molar-refractivity contribution is -0.266. The van der Waals surface area contributed by atoms with Crippen molar-refractivity contribution in [2.45, 2.75) is 186 Å². The minimum Gasteiger partial charge on any atom is -0.460 e. The minimum atomic E-state index is -2.80. The Kier molecular flexibility index (Phi) is 24.3. The van der Waals surface area contributed by atoms with Crippen LogP contribution in [0.5, 0.6) is 0 Å². The smallest absolute Gasteiger partial charge is 0.329 e. The van der Waals surface area contributed by atoms with Gasteiger partial charge in [0.25, 0.3) is 11.7 Å². The number of nitrogens with zero attached hydrogens (tertiary/aromatic N) is 1. The predicted octanol–water partition coefficient (Wildman–Crippen LogP) is 7.53. The number of fused-ring (bicyclic) bond motifs is 3. The molecule has 4 heterocycles. The maximum Gasteiger partial charge on any atom is 0.329 e. The second-order valence-electron chi connectivity index (χ2n) is 22.6. The number of cyclic esters (lactones) is 1. The number of aliphatic hydroxyl groups is 2. The number of piperidine rings is 1. The van der Waals surface area contributed by atoms with Gasteiger partial charge in [0.15, 0.2) is 13.2 Å². The van der Waals surface area contributed by atoms with E-state index in [9.17, 15) is 38.8 Å². The maximum absolute atomic E-state index is 14.6. The molecule has 2 bridgehead atoms. The Labute approximate surface area is 446 Å². The summed E-state index contributed by atoms with van der Waals surface area (Å²) in [6.07, 6.45) is 11.0. The first-order chi connectivity index (χ1) is 35.5. The number of carbonyl (C=O) groups excluding carboxylic acids is 5. The van der Waals surface area contributed by atoms with Crippen LogP contribution in [0.4, 0.5) is 0 Å². The minimum absolute atomic E-state index is 0.0111. The fourth-order valence-electron chi connectivity index (χ4n) is 11.2. The largest absolute Gasteiger partial charge is 0.460 e. The molecule has 5 aliphatic rings. The van der Waals surface area contributed by atoms with Crippen molar-refractivity contribution in [1.82, 2.24) is 4.90 Å². The van der Waals surface area contributed by atoms with E-state index in [1.807, 2.05) is 58.1 Å². The van der Waals surface area contributed by atoms with Crippen molar-refractivity contribution in [2.75, 3.05) is 60.5 Å². The van der Waals surface area contributed by atoms with Crippen LogP contribution in [-0.2, 0) is 66.2 Å². The van der Waals surface area contributed by atoms with Gasteiger partial charge in [-0.05, 0) is 107 Å². The molecule has 0 radical (unpaired) electrons. The van der Waals surface area contributed by atoms with Crippen molar-refractivity contribution in [1.29, 1.82) is 0 Å². The highest BCUT2D eigenvalue weighted by molar-refractivity contribution is 7.57. The van der Waals surface area contributed by atoms with E-state index < -0.39 is 85.1 Å². The van der Waals surface area contributed by atoms with Gasteiger partial charge in [0.1, 0.15) is 36.2 Å². The molecule has 3 saturated heterocycles. The van der Waals surface area contributed by atoms with Crippen molar-refractivity contribution in [2.24, 2.45) is 35.5 Å². The average Bonchev–Trinajstić information content (AvgIpc) is 3.35. The lowest BCUT2D eigenvalue weighted by Crippen LogP contribution is -2.61. The van der Waals surface area contributed by atoms with Crippen molar-refractivity contribution in [3.8, 4) is 0 Å². The first-order valence-electron chi connectivity index (χ1n) is 27.5. The Morgan fingerprint density at radius 2 is 1.57 bits per heavy atom. The number of esters is 1. The third-order valence-corrected chi connectivity index (χ3v) is 16.7. The number of hydrogen-bond donors (Lipinski definition) is 2. The zero-order valence-electron chi connectivity index (χ0n) is 46.6. The number of hydrogen-bond acceptors (Lipinski definition) is 16. The second kappa shape index (κ2) is 29.1. The molecule has 2 N–H and O–H groups in total. The summed E-state index contributed by atoms with van der Waals surface area (Å²) in [5.41, 5.74) is 1.23. The molecule has 17 nitrogen and oxygen atoms in total. The average molecular weight is 1080 g/mol. The van der Waals surface area contributed by atoms with Crippen LogP contribution in [0, 0.1) is 35.5 Å². The molecule has 0 spiro atoms. The molecule has 1 amide bonds. The van der Waals surface area contributed by atoms with Gasteiger partial charge >= 0.3 is 5.97 Å². The van der Waals surface area contributed by atoms with E-state index in [1.165, 1.54) is 12.0 Å². The number of amides is 1. The van der Waals surface area contributed by atoms with Gasteiger partial charge < -0.3 is 52.8 Å². The molecule has 5 rings (SSSR count). The number of rotatable bonds is 12. The molecule has 0 aromatic rings. The van der Waals surface area contributed by atoms with Crippen LogP contribution >= 0.6 is 7.37 Å². The Bertz CT molecular complexity index is 2100. The molecule has 1 saturated carbocycles. The number of Topliss-reactive ketones (excluding diaryl/α,β-unsaturated/α-hetero) is 3. The topological polar surface area (TPSA) is 220 Å². The van der Waals surface area contributed by atoms with Crippen LogP contribution in [0.2, 0.25) is 0 Å². The standard InChI is InChI=1S/C57H90NO16P/c1-35-17-13-12-14-18-36(2)48(71-26-25-70-44-33-69-34-44)31-43-22-20-41(7)57(65,73-43)54(62)55(63)58-24-16-15-19-45(58)56(64)72-49(38(4)29-42-21-23-47(50(30-42)67-8)74-75(10,11)66)32-46(59)37(3)28-40(6)52(61)53(68-9)51(60)39(5)27-35/h12-14,17-18,28,35,37-39,41-45,47-50,52-53,61,65H,15-16,19-27,29-34H2,1-11H3/b14-12+,17-13+,36-18+,40-28+/t35-,37-,38-,39-,41-,42+,43+,45+,47-,48?,49+,50-,52-,53+,57-/m1/s1. The summed E-state index contributed by atoms with van der Waals surface area (Å²) in [7, 11) is 0.172. The van der Waals surface area contributed by atoms with Gasteiger partial charge in [0.2, 0.25) is 5.79 Å². The Hall–Kier alpha value is -3.22. The number of ether oxygens (including phenoxy) is 7. The highest BCUT2D eigenvalue weighted by Gasteiger charge is 2.53. The highest BCUT2D eigenvalue weighted by Crippen LogP contribution is 2.45. The van der Waals surface area contributed by atoms with E-state index in [4.69, 9.17) is 37.7 Å². The fraction of sp³-hybridized carbons (Fsp3) is 0.772. The summed E-state index contributed by atoms with van der Waals surface area (Å²) in [6, 6.07) is -1.18. The molecule has 4 fully saturated rings. The number of aliphatic hydroxyl groups excluding tert-OH is 1. The van der Waals surface area contributed by atoms with E-state index >= 15 is 0 Å². The van der Waals surface area contributed by atoms with Gasteiger partial charge in [0.05, 0.1) is 50.8 Å². The molecule has 424 valence electrons. The quantitative estimate of drug-likeness (QED) is 0.0634. The van der Waals surface area contributed by atoms with E-state index in [0.29, 0.717) is 76.8 Å². The Balaban J connectivity index is 1.46. The third-order valence-electron chi connectivity index (χ3n) is 15.9. The summed E-state index contributed by atoms with van der Waals surface area (Å²) in [5, 5.41) is 23.7. The van der Waals surface area contributed by atoms with E-state index in [-0.39, 0.29) is 80.0 Å². The molecule has 15 atom stereocenters. The van der Waals surface area contributed by atoms with E-state index in [1.54, 1.807) is 47.3 Å². The van der Waals surface area contributed by atoms with Gasteiger partial charge in [0, 0.05) is 64.7 Å². The SMILES string of the molecule is CO[C@@H]1C[C@H](C[C@@H](C)[C@@H]2CC(=O)[C@H](C)/C=C(\C)[C@@H](O)[C@@H](OC)C(=O)[C@H](C)C[C@H](C)/C=C/C=C/C=C(\C)C(OCCOC3COC3)C[C@@H]3CC[C@@H](C)[C@@](O)(O3)C(=O)C(=O)N3CCCC[C@H]3C(=O)O2)CC[C@H]1OP(C)(C)=O. The van der Waals surface area contributed by atoms with Crippen molar-refractivity contribution in [3.63, 3.8) is 0 Å². The maximum atomic E-state index is 14.6. The molecule has 4 aliphatic heterocycles. The fourth-order valence-corrected chi connectivity index (χ4v) is 12.1. The molecule has 0 aromatic carbocycles. The van der Waals surface area contributed by atoms with Crippen LogP contribution in [0.25, 0.3) is 0 Å². The summed E-state index contributed by atoms with van der Waals surface area (Å²) < 4.78 is 60.1. The van der Waals surface area contributed by atoms with Crippen molar-refractivity contribution in [3.05, 3.63) is 47.6 Å². The second-order valence-corrected chi connectivity index (χ2v) is 25.3. The van der Waals surface area contributed by atoms with E-state index in [2.05, 4.69) is 0 Å². The van der Waals surface area contributed by atoms with Crippen molar-refractivity contribution < 1.29 is 76.4 Å². The molecule has 18 heteroatoms. The molecule has 1 unspecified atom stereocenters. The van der Waals surface area contributed by atoms with Crippen LogP contribution in [0.3, 0.4) is 0 Å². The van der Waals surface area contributed by atoms with Crippen LogP contribution < -0.4 is 0 Å². The third kappa shape index (κ3) is 17.9. The molecular weight excluding hydrogens is 986 g/mol. The lowest BCUT2D eigenvalue weighted by Gasteiger charge is -2.43. The Morgan fingerprint density at radius 3 is 2.24 bits per heavy atom. The number of ketones is 3. The van der Waals surface area contributed by atoms with Gasteiger partial charge in [-0.15, -0.1) is 0 Å². The summed E-state index contributed by atoms with van der Waals surface area (Å²) in [4.78, 5) is 72.9. The van der Waals surface area contributed by atoms with E-state index in [0.717, 1.165) is 12.0 Å². The molecule has 75 heavy (non-hydrogen) atoms. The van der Waals surface area contributed by atoms with Crippen LogP contribution in [0.15, 0.2) is 47.6 Å². The van der Waals surface area contributed by atoms with Crippen LogP contribution in [-0.4, -0.2) is 166 Å². The lowest BCUT2D eigenvalue weighted by atomic mass is 9.78. The Morgan fingerprint density at radius 1 is 0.853 bits per heavy atom. The summed E-state index contributed by atoms with van der Waals surface area (Å²) in [5.74, 6) is -8.30. The summed E-state index contributed by atoms with van der Waals surface area (Å²) in [6.45, 7) is 17.5. The number of methoxy groups -OCH3 is 2. The highest BCUT2D eigenvalue weighted by atomic mass is 31.2. The molecular formula is C57H90NO16P. The van der Waals surface area contributed by atoms with Crippen molar-refractivity contribution >= 4 is 36.6 Å². The number of allylic oxidation sites excluding steroid dienone is 6. The molecule has 1 aliphatic carbocycles. The zero-order valence-corrected chi connectivity index (χ0v) is 47.5. The van der Waals surface area contributed by atoms with Gasteiger partial charge in [-0.3, -0.25) is 23.7 Å². The first kappa shape index (κ1) is 62.6. The normalized spacial score (nSPS) is 38.0. The predicted molar refractivity (Wildman–Crippen MR) is 283 cm³/mol.